The monoisotopic (exact) mass is 333 g/mol. The lowest BCUT2D eigenvalue weighted by Crippen LogP contribution is -2.21. The first-order chi connectivity index (χ1) is 11.6. The fourth-order valence-electron chi connectivity index (χ4n) is 2.68. The number of para-hydroxylation sites is 2. The summed E-state index contributed by atoms with van der Waals surface area (Å²) in [6.45, 7) is 0. The van der Waals surface area contributed by atoms with Gasteiger partial charge >= 0.3 is 0 Å². The number of ether oxygens (including phenoxy) is 4. The molecular weight excluding hydrogens is 310 g/mol. The van der Waals surface area contributed by atoms with Crippen LogP contribution in [0.5, 0.6) is 23.0 Å². The molecule has 3 N–H and O–H groups in total. The first-order valence-electron chi connectivity index (χ1n) is 7.44. The number of hydrogen-bond donors (Lipinski definition) is 2. The second kappa shape index (κ2) is 7.90. The highest BCUT2D eigenvalue weighted by atomic mass is 16.5. The predicted octanol–water partition coefficient (Wildman–Crippen LogP) is 2.45. The molecule has 24 heavy (non-hydrogen) atoms. The zero-order chi connectivity index (χ0) is 17.7. The van der Waals surface area contributed by atoms with Crippen LogP contribution in [0, 0.1) is 0 Å². The van der Waals surface area contributed by atoms with Crippen molar-refractivity contribution in [3.8, 4) is 23.0 Å². The molecular formula is C18H23NO5. The van der Waals surface area contributed by atoms with Gasteiger partial charge in [-0.3, -0.25) is 0 Å². The Morgan fingerprint density at radius 1 is 0.750 bits per heavy atom. The molecule has 130 valence electrons. The second-order valence-corrected chi connectivity index (χ2v) is 5.14. The Kier molecular flexibility index (Phi) is 5.89. The number of nitrogens with two attached hydrogens (primary N) is 1. The first-order valence-corrected chi connectivity index (χ1v) is 7.44. The highest BCUT2D eigenvalue weighted by Crippen LogP contribution is 2.42. The smallest absolute Gasteiger partial charge is 0.166 e. The van der Waals surface area contributed by atoms with Crippen LogP contribution in [-0.2, 0) is 0 Å². The summed E-state index contributed by atoms with van der Waals surface area (Å²) >= 11 is 0. The summed E-state index contributed by atoms with van der Waals surface area (Å²) in [5.41, 5.74) is 7.47. The minimum absolute atomic E-state index is 0.449. The predicted molar refractivity (Wildman–Crippen MR) is 91.0 cm³/mol. The topological polar surface area (TPSA) is 83.2 Å². The van der Waals surface area contributed by atoms with Gasteiger partial charge in [-0.25, -0.2) is 0 Å². The maximum atomic E-state index is 10.8. The zero-order valence-electron chi connectivity index (χ0n) is 14.3. The Morgan fingerprint density at radius 3 is 1.67 bits per heavy atom. The van der Waals surface area contributed by atoms with Gasteiger partial charge in [0.05, 0.1) is 34.5 Å². The van der Waals surface area contributed by atoms with Gasteiger partial charge in [0.1, 0.15) is 6.10 Å². The molecule has 2 aromatic carbocycles. The van der Waals surface area contributed by atoms with Crippen molar-refractivity contribution in [3.63, 3.8) is 0 Å². The summed E-state index contributed by atoms with van der Waals surface area (Å²) in [6.07, 6.45) is -1.02. The van der Waals surface area contributed by atoms with E-state index in [1.165, 1.54) is 14.2 Å². The summed E-state index contributed by atoms with van der Waals surface area (Å²) in [7, 11) is 6.14. The van der Waals surface area contributed by atoms with E-state index in [1.807, 2.05) is 0 Å². The molecule has 0 saturated heterocycles. The van der Waals surface area contributed by atoms with E-state index in [0.29, 0.717) is 34.1 Å². The molecule has 0 saturated carbocycles. The van der Waals surface area contributed by atoms with Crippen LogP contribution in [0.15, 0.2) is 36.4 Å². The maximum absolute atomic E-state index is 10.8. The lowest BCUT2D eigenvalue weighted by molar-refractivity contribution is 0.141. The summed E-state index contributed by atoms with van der Waals surface area (Å²) in [4.78, 5) is 0. The van der Waals surface area contributed by atoms with Crippen LogP contribution in [0.1, 0.15) is 23.3 Å². The lowest BCUT2D eigenvalue weighted by Gasteiger charge is -2.24. The number of hydrogen-bond acceptors (Lipinski definition) is 6. The maximum Gasteiger partial charge on any atom is 0.166 e. The van der Waals surface area contributed by atoms with Crippen molar-refractivity contribution in [1.82, 2.24) is 0 Å². The van der Waals surface area contributed by atoms with Crippen molar-refractivity contribution >= 4 is 0 Å². The number of aliphatic hydroxyl groups excluding tert-OH is 1. The molecule has 2 aromatic rings. The van der Waals surface area contributed by atoms with E-state index in [1.54, 1.807) is 50.6 Å². The average molecular weight is 333 g/mol. The zero-order valence-corrected chi connectivity index (χ0v) is 14.3. The minimum Gasteiger partial charge on any atom is -0.493 e. The van der Waals surface area contributed by atoms with Crippen LogP contribution in [0.2, 0.25) is 0 Å². The molecule has 0 bridgehead atoms. The van der Waals surface area contributed by atoms with E-state index in [0.717, 1.165) is 0 Å². The van der Waals surface area contributed by atoms with Crippen molar-refractivity contribution in [2.24, 2.45) is 5.73 Å². The number of benzene rings is 2. The SMILES string of the molecule is COc1cccc([C@H](N)[C@@H](O)c2cccc(OC)c2OC)c1OC. The molecule has 0 fully saturated rings. The third-order valence-electron chi connectivity index (χ3n) is 3.88. The summed E-state index contributed by atoms with van der Waals surface area (Å²) in [6, 6.07) is 9.90. The van der Waals surface area contributed by atoms with E-state index in [-0.39, 0.29) is 0 Å². The standard InChI is InChI=1S/C18H23NO5/c1-21-13-9-5-7-11(17(13)23-3)15(19)16(20)12-8-6-10-14(22-2)18(12)24-4/h5-10,15-16,20H,19H2,1-4H3/t15-,16-/m0/s1. The van der Waals surface area contributed by atoms with E-state index >= 15 is 0 Å². The van der Waals surface area contributed by atoms with E-state index in [4.69, 9.17) is 24.7 Å². The van der Waals surface area contributed by atoms with Crippen molar-refractivity contribution < 1.29 is 24.1 Å². The second-order valence-electron chi connectivity index (χ2n) is 5.14. The van der Waals surface area contributed by atoms with Crippen LogP contribution in [0.3, 0.4) is 0 Å². The van der Waals surface area contributed by atoms with Gasteiger partial charge in [0.15, 0.2) is 23.0 Å². The lowest BCUT2D eigenvalue weighted by atomic mass is 9.94. The molecule has 0 aromatic heterocycles. The third-order valence-corrected chi connectivity index (χ3v) is 3.88. The molecule has 0 heterocycles. The third kappa shape index (κ3) is 3.25. The molecule has 6 heteroatoms. The highest BCUT2D eigenvalue weighted by molar-refractivity contribution is 5.51. The van der Waals surface area contributed by atoms with Gasteiger partial charge in [0.2, 0.25) is 0 Å². The first kappa shape index (κ1) is 17.9. The van der Waals surface area contributed by atoms with Gasteiger partial charge in [-0.1, -0.05) is 24.3 Å². The summed E-state index contributed by atoms with van der Waals surface area (Å²) < 4.78 is 21.3. The van der Waals surface area contributed by atoms with E-state index in [2.05, 4.69) is 0 Å². The van der Waals surface area contributed by atoms with Crippen LogP contribution < -0.4 is 24.7 Å². The van der Waals surface area contributed by atoms with Crippen LogP contribution in [-0.4, -0.2) is 33.5 Å². The molecule has 0 spiro atoms. The molecule has 0 aliphatic heterocycles. The van der Waals surface area contributed by atoms with Gasteiger partial charge in [0.25, 0.3) is 0 Å². The van der Waals surface area contributed by atoms with Crippen molar-refractivity contribution in [3.05, 3.63) is 47.5 Å². The van der Waals surface area contributed by atoms with E-state index in [9.17, 15) is 5.11 Å². The molecule has 0 aliphatic rings. The highest BCUT2D eigenvalue weighted by Gasteiger charge is 2.27. The quantitative estimate of drug-likeness (QED) is 0.810. The van der Waals surface area contributed by atoms with Crippen molar-refractivity contribution in [1.29, 1.82) is 0 Å². The molecule has 0 aliphatic carbocycles. The molecule has 6 nitrogen and oxygen atoms in total. The normalized spacial score (nSPS) is 13.1. The van der Waals surface area contributed by atoms with E-state index < -0.39 is 12.1 Å². The summed E-state index contributed by atoms with van der Waals surface area (Å²) in [5.74, 6) is 2.02. The molecule has 2 rings (SSSR count). The molecule has 0 radical (unpaired) electrons. The molecule has 0 unspecified atom stereocenters. The Hall–Kier alpha value is -2.44. The Morgan fingerprint density at radius 2 is 1.21 bits per heavy atom. The fraction of sp³-hybridized carbons (Fsp3) is 0.333. The molecule has 0 amide bonds. The number of rotatable bonds is 7. The van der Waals surface area contributed by atoms with Gasteiger partial charge in [-0.15, -0.1) is 0 Å². The van der Waals surface area contributed by atoms with Crippen LogP contribution >= 0.6 is 0 Å². The molecule has 2 atom stereocenters. The van der Waals surface area contributed by atoms with Gasteiger partial charge in [0, 0.05) is 11.1 Å². The number of aliphatic hydroxyl groups is 1. The van der Waals surface area contributed by atoms with Gasteiger partial charge in [-0.2, -0.15) is 0 Å². The fourth-order valence-corrected chi connectivity index (χ4v) is 2.68. The Balaban J connectivity index is 2.46. The van der Waals surface area contributed by atoms with Crippen LogP contribution in [0.4, 0.5) is 0 Å². The average Bonchev–Trinajstić information content (AvgIpc) is 2.64. The largest absolute Gasteiger partial charge is 0.493 e. The summed E-state index contributed by atoms with van der Waals surface area (Å²) in [5, 5.41) is 10.8. The van der Waals surface area contributed by atoms with Crippen molar-refractivity contribution in [2.75, 3.05) is 28.4 Å². The minimum atomic E-state index is -1.02. The number of methoxy groups -OCH3 is 4. The Labute approximate surface area is 141 Å². The van der Waals surface area contributed by atoms with Crippen LogP contribution in [0.25, 0.3) is 0 Å². The van der Waals surface area contributed by atoms with Gasteiger partial charge in [-0.05, 0) is 12.1 Å². The van der Waals surface area contributed by atoms with Crippen molar-refractivity contribution in [2.45, 2.75) is 12.1 Å². The van der Waals surface area contributed by atoms with Gasteiger partial charge < -0.3 is 29.8 Å². The Bertz CT molecular complexity index is 630.